The van der Waals surface area contributed by atoms with Crippen LogP contribution in [-0.2, 0) is 20.1 Å². The number of aromatic nitrogens is 4. The molecule has 28 heavy (non-hydrogen) atoms. The van der Waals surface area contributed by atoms with E-state index in [1.165, 1.54) is 5.56 Å². The second kappa shape index (κ2) is 7.68. The standard InChI is InChI=1S/C22H22N4O2/c1-4-16-7-11-19(12-8-16)27-14-17-5-9-18(10-6-17)21-23-24-22(28-21)20-13-26(3)25-15(20)2/h5-13H,4,14H2,1-3H3. The summed E-state index contributed by atoms with van der Waals surface area (Å²) < 4.78 is 13.4. The van der Waals surface area contributed by atoms with Gasteiger partial charge in [0.1, 0.15) is 12.4 Å². The van der Waals surface area contributed by atoms with Gasteiger partial charge in [-0.25, -0.2) is 0 Å². The van der Waals surface area contributed by atoms with E-state index in [0.717, 1.165) is 34.6 Å². The summed E-state index contributed by atoms with van der Waals surface area (Å²) in [5, 5.41) is 12.6. The second-order valence-corrected chi connectivity index (χ2v) is 6.70. The van der Waals surface area contributed by atoms with Gasteiger partial charge in [0.25, 0.3) is 5.89 Å². The maximum Gasteiger partial charge on any atom is 0.251 e. The zero-order valence-electron chi connectivity index (χ0n) is 16.2. The van der Waals surface area contributed by atoms with Crippen molar-refractivity contribution in [1.82, 2.24) is 20.0 Å². The molecule has 0 N–H and O–H groups in total. The molecule has 0 fully saturated rings. The molecule has 0 radical (unpaired) electrons. The van der Waals surface area contributed by atoms with Crippen molar-refractivity contribution in [3.05, 3.63) is 71.5 Å². The van der Waals surface area contributed by atoms with Crippen molar-refractivity contribution >= 4 is 0 Å². The Labute approximate surface area is 163 Å². The van der Waals surface area contributed by atoms with Gasteiger partial charge in [-0.15, -0.1) is 10.2 Å². The van der Waals surface area contributed by atoms with Crippen LogP contribution in [0.4, 0.5) is 0 Å². The molecule has 2 aromatic heterocycles. The van der Waals surface area contributed by atoms with Gasteiger partial charge in [-0.2, -0.15) is 5.10 Å². The molecule has 2 aromatic carbocycles. The van der Waals surface area contributed by atoms with Crippen LogP contribution in [0.15, 0.2) is 59.1 Å². The summed E-state index contributed by atoms with van der Waals surface area (Å²) in [6.45, 7) is 4.57. The number of nitrogens with zero attached hydrogens (tertiary/aromatic N) is 4. The third-order valence-corrected chi connectivity index (χ3v) is 4.61. The number of aryl methyl sites for hydroxylation is 3. The summed E-state index contributed by atoms with van der Waals surface area (Å²) in [6, 6.07) is 16.1. The third kappa shape index (κ3) is 3.81. The number of hydrogen-bond acceptors (Lipinski definition) is 5. The third-order valence-electron chi connectivity index (χ3n) is 4.61. The molecule has 4 aromatic rings. The quantitative estimate of drug-likeness (QED) is 0.494. The largest absolute Gasteiger partial charge is 0.489 e. The second-order valence-electron chi connectivity index (χ2n) is 6.70. The highest BCUT2D eigenvalue weighted by molar-refractivity contribution is 5.59. The van der Waals surface area contributed by atoms with E-state index in [0.29, 0.717) is 18.4 Å². The topological polar surface area (TPSA) is 66.0 Å². The summed E-state index contributed by atoms with van der Waals surface area (Å²) in [4.78, 5) is 0. The summed E-state index contributed by atoms with van der Waals surface area (Å²) >= 11 is 0. The van der Waals surface area contributed by atoms with Crippen LogP contribution in [0.3, 0.4) is 0 Å². The lowest BCUT2D eigenvalue weighted by Crippen LogP contribution is -1.95. The van der Waals surface area contributed by atoms with E-state index < -0.39 is 0 Å². The molecule has 6 nitrogen and oxygen atoms in total. The van der Waals surface area contributed by atoms with E-state index in [1.54, 1.807) is 4.68 Å². The fourth-order valence-electron chi connectivity index (χ4n) is 2.99. The Morgan fingerprint density at radius 3 is 2.25 bits per heavy atom. The number of benzene rings is 2. The zero-order valence-corrected chi connectivity index (χ0v) is 16.2. The van der Waals surface area contributed by atoms with Crippen LogP contribution in [-0.4, -0.2) is 20.0 Å². The SMILES string of the molecule is CCc1ccc(OCc2ccc(-c3nnc(-c4cn(C)nc4C)o3)cc2)cc1. The Balaban J connectivity index is 1.43. The minimum atomic E-state index is 0.475. The van der Waals surface area contributed by atoms with Crippen molar-refractivity contribution < 1.29 is 9.15 Å². The molecular weight excluding hydrogens is 352 g/mol. The molecule has 4 rings (SSSR count). The highest BCUT2D eigenvalue weighted by Gasteiger charge is 2.14. The van der Waals surface area contributed by atoms with Crippen LogP contribution in [0.2, 0.25) is 0 Å². The van der Waals surface area contributed by atoms with E-state index in [2.05, 4.69) is 34.4 Å². The molecule has 0 saturated carbocycles. The first-order chi connectivity index (χ1) is 13.6. The van der Waals surface area contributed by atoms with Crippen LogP contribution in [0.1, 0.15) is 23.7 Å². The summed E-state index contributed by atoms with van der Waals surface area (Å²) in [7, 11) is 1.87. The highest BCUT2D eigenvalue weighted by atomic mass is 16.5. The Kier molecular flexibility index (Phi) is 4.93. The van der Waals surface area contributed by atoms with Crippen molar-refractivity contribution in [2.24, 2.45) is 7.05 Å². The number of hydrogen-bond donors (Lipinski definition) is 0. The zero-order chi connectivity index (χ0) is 19.5. The average molecular weight is 374 g/mol. The van der Waals surface area contributed by atoms with Gasteiger partial charge in [0.05, 0.1) is 11.3 Å². The number of ether oxygens (including phenoxy) is 1. The molecule has 0 aliphatic rings. The van der Waals surface area contributed by atoms with Crippen molar-refractivity contribution in [1.29, 1.82) is 0 Å². The maximum absolute atomic E-state index is 5.85. The van der Waals surface area contributed by atoms with Gasteiger partial charge in [0, 0.05) is 18.8 Å². The summed E-state index contributed by atoms with van der Waals surface area (Å²) in [5.41, 5.74) is 4.96. The van der Waals surface area contributed by atoms with Gasteiger partial charge in [0.15, 0.2) is 0 Å². The van der Waals surface area contributed by atoms with E-state index >= 15 is 0 Å². The lowest BCUT2D eigenvalue weighted by Gasteiger charge is -2.07. The van der Waals surface area contributed by atoms with Gasteiger partial charge < -0.3 is 9.15 Å². The summed E-state index contributed by atoms with van der Waals surface area (Å²) in [6.07, 6.45) is 2.90. The average Bonchev–Trinajstić information content (AvgIpc) is 3.33. The van der Waals surface area contributed by atoms with Gasteiger partial charge >= 0.3 is 0 Å². The molecule has 2 heterocycles. The molecule has 0 atom stereocenters. The fourth-order valence-corrected chi connectivity index (χ4v) is 2.99. The molecule has 0 unspecified atom stereocenters. The first kappa shape index (κ1) is 18.0. The molecule has 0 spiro atoms. The Bertz CT molecular complexity index is 1060. The Hall–Kier alpha value is -3.41. The predicted molar refractivity (Wildman–Crippen MR) is 107 cm³/mol. The maximum atomic E-state index is 5.85. The van der Waals surface area contributed by atoms with Gasteiger partial charge in [-0.1, -0.05) is 31.2 Å². The molecule has 0 aliphatic heterocycles. The van der Waals surface area contributed by atoms with Crippen LogP contribution in [0.25, 0.3) is 22.9 Å². The van der Waals surface area contributed by atoms with Crippen molar-refractivity contribution in [3.63, 3.8) is 0 Å². The number of rotatable bonds is 6. The Morgan fingerprint density at radius 2 is 1.61 bits per heavy atom. The first-order valence-corrected chi connectivity index (χ1v) is 9.27. The fraction of sp³-hybridized carbons (Fsp3) is 0.227. The lowest BCUT2D eigenvalue weighted by atomic mass is 10.1. The molecule has 0 bridgehead atoms. The van der Waals surface area contributed by atoms with Gasteiger partial charge in [0.2, 0.25) is 5.89 Å². The first-order valence-electron chi connectivity index (χ1n) is 9.27. The van der Waals surface area contributed by atoms with Crippen LogP contribution < -0.4 is 4.74 Å². The van der Waals surface area contributed by atoms with Crippen molar-refractivity contribution in [2.75, 3.05) is 0 Å². The molecule has 6 heteroatoms. The van der Waals surface area contributed by atoms with E-state index in [4.69, 9.17) is 9.15 Å². The lowest BCUT2D eigenvalue weighted by molar-refractivity contribution is 0.306. The minimum Gasteiger partial charge on any atom is -0.489 e. The van der Waals surface area contributed by atoms with E-state index in [1.807, 2.05) is 56.6 Å². The summed E-state index contributed by atoms with van der Waals surface area (Å²) in [5.74, 6) is 1.83. The predicted octanol–water partition coefficient (Wildman–Crippen LogP) is 4.59. The van der Waals surface area contributed by atoms with Crippen LogP contribution >= 0.6 is 0 Å². The van der Waals surface area contributed by atoms with Gasteiger partial charge in [-0.3, -0.25) is 4.68 Å². The molecule has 142 valence electrons. The molecule has 0 aliphatic carbocycles. The smallest absolute Gasteiger partial charge is 0.251 e. The van der Waals surface area contributed by atoms with Crippen molar-refractivity contribution in [2.45, 2.75) is 26.9 Å². The van der Waals surface area contributed by atoms with Gasteiger partial charge in [-0.05, 0) is 48.7 Å². The molecule has 0 saturated heterocycles. The Morgan fingerprint density at radius 1 is 0.929 bits per heavy atom. The van der Waals surface area contributed by atoms with E-state index in [9.17, 15) is 0 Å². The molecule has 0 amide bonds. The minimum absolute atomic E-state index is 0.475. The normalized spacial score (nSPS) is 11.0. The van der Waals surface area contributed by atoms with Crippen molar-refractivity contribution in [3.8, 4) is 28.7 Å². The molecular formula is C22H22N4O2. The van der Waals surface area contributed by atoms with E-state index in [-0.39, 0.29) is 0 Å². The monoisotopic (exact) mass is 374 g/mol. The van der Waals surface area contributed by atoms with Crippen LogP contribution in [0.5, 0.6) is 5.75 Å². The highest BCUT2D eigenvalue weighted by Crippen LogP contribution is 2.26. The van der Waals surface area contributed by atoms with Crippen LogP contribution in [0, 0.1) is 6.92 Å².